The zero-order chi connectivity index (χ0) is 17.7. The zero-order valence-corrected chi connectivity index (χ0v) is 15.2. The maximum atomic E-state index is 4.57. The van der Waals surface area contributed by atoms with Crippen LogP contribution >= 0.6 is 0 Å². The number of hydrogen-bond acceptors (Lipinski definition) is 3. The third-order valence-corrected chi connectivity index (χ3v) is 4.79. The standard InChI is InChI=1S/C20H21N5/c1-12-8-13(2)19(14(3)9-12)25-11-21-23-20(25)16-6-7-17-18(10-16)24(5)15(4)22-17/h6-11H,1-5H3. The third kappa shape index (κ3) is 2.43. The largest absolute Gasteiger partial charge is 0.331 e. The Labute approximate surface area is 147 Å². The second-order valence-corrected chi connectivity index (χ2v) is 6.69. The van der Waals surface area contributed by atoms with E-state index < -0.39 is 0 Å². The van der Waals surface area contributed by atoms with E-state index in [1.54, 1.807) is 6.33 Å². The van der Waals surface area contributed by atoms with Gasteiger partial charge in [-0.25, -0.2) is 4.98 Å². The highest BCUT2D eigenvalue weighted by atomic mass is 15.3. The van der Waals surface area contributed by atoms with Crippen LogP contribution in [0.5, 0.6) is 0 Å². The SMILES string of the molecule is Cc1cc(C)c(-n2cnnc2-c2ccc3nc(C)n(C)c3c2)c(C)c1. The predicted molar refractivity (Wildman–Crippen MR) is 100 cm³/mol. The lowest BCUT2D eigenvalue weighted by Crippen LogP contribution is -2.02. The van der Waals surface area contributed by atoms with Gasteiger partial charge in [-0.1, -0.05) is 17.7 Å². The summed E-state index contributed by atoms with van der Waals surface area (Å²) < 4.78 is 4.18. The molecule has 5 heteroatoms. The van der Waals surface area contributed by atoms with Crippen molar-refractivity contribution in [1.29, 1.82) is 0 Å². The molecule has 0 aliphatic carbocycles. The van der Waals surface area contributed by atoms with Gasteiger partial charge in [0, 0.05) is 12.6 Å². The van der Waals surface area contributed by atoms with Crippen molar-refractivity contribution in [2.75, 3.05) is 0 Å². The van der Waals surface area contributed by atoms with Gasteiger partial charge in [0.1, 0.15) is 12.2 Å². The fraction of sp³-hybridized carbons (Fsp3) is 0.250. The van der Waals surface area contributed by atoms with Gasteiger partial charge >= 0.3 is 0 Å². The summed E-state index contributed by atoms with van der Waals surface area (Å²) >= 11 is 0. The van der Waals surface area contributed by atoms with E-state index in [9.17, 15) is 0 Å². The summed E-state index contributed by atoms with van der Waals surface area (Å²) in [5.41, 5.74) is 7.98. The zero-order valence-electron chi connectivity index (χ0n) is 15.2. The van der Waals surface area contributed by atoms with Crippen LogP contribution < -0.4 is 0 Å². The van der Waals surface area contributed by atoms with E-state index in [4.69, 9.17) is 0 Å². The highest BCUT2D eigenvalue weighted by Gasteiger charge is 2.15. The molecule has 2 aromatic carbocycles. The third-order valence-electron chi connectivity index (χ3n) is 4.79. The van der Waals surface area contributed by atoms with Crippen LogP contribution in [0.2, 0.25) is 0 Å². The maximum Gasteiger partial charge on any atom is 0.168 e. The molecule has 0 spiro atoms. The molecule has 0 fully saturated rings. The molecule has 0 atom stereocenters. The molecule has 2 heterocycles. The molecule has 0 aliphatic rings. The Morgan fingerprint density at radius 3 is 2.36 bits per heavy atom. The van der Waals surface area contributed by atoms with Gasteiger partial charge in [-0.2, -0.15) is 0 Å². The van der Waals surface area contributed by atoms with Crippen LogP contribution in [0.15, 0.2) is 36.7 Å². The van der Waals surface area contributed by atoms with Gasteiger partial charge < -0.3 is 4.57 Å². The lowest BCUT2D eigenvalue weighted by Gasteiger charge is -2.14. The van der Waals surface area contributed by atoms with Gasteiger partial charge in [-0.3, -0.25) is 4.57 Å². The molecule has 0 amide bonds. The van der Waals surface area contributed by atoms with Crippen molar-refractivity contribution in [1.82, 2.24) is 24.3 Å². The molecule has 0 saturated carbocycles. The van der Waals surface area contributed by atoms with E-state index in [0.717, 1.165) is 33.9 Å². The van der Waals surface area contributed by atoms with Crippen LogP contribution in [-0.4, -0.2) is 24.3 Å². The van der Waals surface area contributed by atoms with Crippen molar-refractivity contribution in [3.05, 3.63) is 59.2 Å². The summed E-state index contributed by atoms with van der Waals surface area (Å²) in [6, 6.07) is 10.6. The van der Waals surface area contributed by atoms with Crippen molar-refractivity contribution in [3.8, 4) is 17.1 Å². The van der Waals surface area contributed by atoms with Crippen LogP contribution in [0.25, 0.3) is 28.1 Å². The molecule has 0 radical (unpaired) electrons. The van der Waals surface area contributed by atoms with E-state index in [1.165, 1.54) is 16.7 Å². The van der Waals surface area contributed by atoms with Crippen LogP contribution in [0.1, 0.15) is 22.5 Å². The first-order valence-electron chi connectivity index (χ1n) is 8.37. The minimum atomic E-state index is 0.843. The first-order valence-corrected chi connectivity index (χ1v) is 8.37. The lowest BCUT2D eigenvalue weighted by molar-refractivity contribution is 0.886. The van der Waals surface area contributed by atoms with E-state index in [2.05, 4.69) is 69.4 Å². The van der Waals surface area contributed by atoms with Crippen LogP contribution in [0.3, 0.4) is 0 Å². The van der Waals surface area contributed by atoms with Crippen molar-refractivity contribution >= 4 is 11.0 Å². The topological polar surface area (TPSA) is 48.5 Å². The quantitative estimate of drug-likeness (QED) is 0.556. The number of benzene rings is 2. The van der Waals surface area contributed by atoms with Gasteiger partial charge in [0.25, 0.3) is 0 Å². The van der Waals surface area contributed by atoms with Crippen molar-refractivity contribution < 1.29 is 0 Å². The molecule has 0 bridgehead atoms. The van der Waals surface area contributed by atoms with Gasteiger partial charge in [-0.15, -0.1) is 10.2 Å². The highest BCUT2D eigenvalue weighted by Crippen LogP contribution is 2.28. The molecule has 5 nitrogen and oxygen atoms in total. The number of imidazole rings is 1. The predicted octanol–water partition coefficient (Wildman–Crippen LogP) is 4.05. The van der Waals surface area contributed by atoms with Gasteiger partial charge in [0.05, 0.1) is 16.7 Å². The molecule has 126 valence electrons. The Bertz CT molecular complexity index is 1080. The number of nitrogens with zero attached hydrogens (tertiary/aromatic N) is 5. The minimum absolute atomic E-state index is 0.843. The molecule has 2 aromatic heterocycles. The van der Waals surface area contributed by atoms with Crippen LogP contribution in [0.4, 0.5) is 0 Å². The first-order chi connectivity index (χ1) is 12.0. The summed E-state index contributed by atoms with van der Waals surface area (Å²) in [6.45, 7) is 8.40. The Balaban J connectivity index is 1.92. The molecule has 0 saturated heterocycles. The van der Waals surface area contributed by atoms with E-state index in [1.807, 2.05) is 20.0 Å². The number of rotatable bonds is 2. The van der Waals surface area contributed by atoms with E-state index in [-0.39, 0.29) is 0 Å². The lowest BCUT2D eigenvalue weighted by atomic mass is 10.0. The fourth-order valence-electron chi connectivity index (χ4n) is 3.60. The Hall–Kier alpha value is -2.95. The molecule has 0 N–H and O–H groups in total. The number of fused-ring (bicyclic) bond motifs is 1. The second kappa shape index (κ2) is 5.55. The molecule has 0 aliphatic heterocycles. The molecule has 4 rings (SSSR count). The Morgan fingerprint density at radius 2 is 1.64 bits per heavy atom. The van der Waals surface area contributed by atoms with Crippen molar-refractivity contribution in [3.63, 3.8) is 0 Å². The van der Waals surface area contributed by atoms with E-state index >= 15 is 0 Å². The van der Waals surface area contributed by atoms with Gasteiger partial charge in [0.2, 0.25) is 0 Å². The molecule has 25 heavy (non-hydrogen) atoms. The van der Waals surface area contributed by atoms with Crippen LogP contribution in [-0.2, 0) is 7.05 Å². The molecular formula is C20H21N5. The van der Waals surface area contributed by atoms with Gasteiger partial charge in [-0.05, 0) is 57.0 Å². The summed E-state index contributed by atoms with van der Waals surface area (Å²) in [5.74, 6) is 1.84. The minimum Gasteiger partial charge on any atom is -0.331 e. The maximum absolute atomic E-state index is 4.57. The van der Waals surface area contributed by atoms with Crippen molar-refractivity contribution in [2.45, 2.75) is 27.7 Å². The monoisotopic (exact) mass is 331 g/mol. The highest BCUT2D eigenvalue weighted by molar-refractivity contribution is 5.81. The summed E-state index contributed by atoms with van der Waals surface area (Å²) in [6.07, 6.45) is 1.79. The van der Waals surface area contributed by atoms with E-state index in [0.29, 0.717) is 0 Å². The van der Waals surface area contributed by atoms with Crippen LogP contribution in [0, 0.1) is 27.7 Å². The fourth-order valence-corrected chi connectivity index (χ4v) is 3.60. The molecule has 0 unspecified atom stereocenters. The van der Waals surface area contributed by atoms with Crippen molar-refractivity contribution in [2.24, 2.45) is 7.05 Å². The summed E-state index contributed by atoms with van der Waals surface area (Å²) in [7, 11) is 2.04. The second-order valence-electron chi connectivity index (χ2n) is 6.69. The van der Waals surface area contributed by atoms with Gasteiger partial charge in [0.15, 0.2) is 5.82 Å². The average Bonchev–Trinajstić information content (AvgIpc) is 3.12. The smallest absolute Gasteiger partial charge is 0.168 e. The number of hydrogen-bond donors (Lipinski definition) is 0. The summed E-state index contributed by atoms with van der Waals surface area (Å²) in [4.78, 5) is 4.57. The number of aromatic nitrogens is 5. The molecule has 4 aromatic rings. The average molecular weight is 331 g/mol. The normalized spacial score (nSPS) is 11.4. The Kier molecular flexibility index (Phi) is 3.46. The summed E-state index contributed by atoms with van der Waals surface area (Å²) in [5, 5.41) is 8.57. The Morgan fingerprint density at radius 1 is 0.920 bits per heavy atom. The first kappa shape index (κ1) is 15.6. The number of aryl methyl sites for hydroxylation is 5. The molecular weight excluding hydrogens is 310 g/mol.